The maximum absolute atomic E-state index is 12.2. The number of anilines is 1. The summed E-state index contributed by atoms with van der Waals surface area (Å²) >= 11 is 0. The highest BCUT2D eigenvalue weighted by molar-refractivity contribution is 5.91. The predicted molar refractivity (Wildman–Crippen MR) is 93.3 cm³/mol. The maximum Gasteiger partial charge on any atom is 0.251 e. The van der Waals surface area contributed by atoms with Gasteiger partial charge in [-0.05, 0) is 37.3 Å². The fourth-order valence-electron chi connectivity index (χ4n) is 4.32. The molecule has 1 N–H and O–H groups in total. The van der Waals surface area contributed by atoms with Gasteiger partial charge in [0.2, 0.25) is 5.91 Å². The summed E-state index contributed by atoms with van der Waals surface area (Å²) in [7, 11) is 0. The molecular formula is C20H27NO3. The number of carbonyl (C=O) groups excluding carboxylic acids is 1. The first-order valence-corrected chi connectivity index (χ1v) is 9.54. The average Bonchev–Trinajstić information content (AvgIpc) is 3.20. The van der Waals surface area contributed by atoms with Gasteiger partial charge in [-0.3, -0.25) is 4.79 Å². The summed E-state index contributed by atoms with van der Waals surface area (Å²) < 4.78 is 12.2. The number of carbonyl (C=O) groups is 1. The molecule has 0 atom stereocenters. The normalized spacial score (nSPS) is 22.0. The van der Waals surface area contributed by atoms with Crippen LogP contribution in [-0.2, 0) is 4.79 Å². The van der Waals surface area contributed by atoms with Gasteiger partial charge in [-0.2, -0.15) is 0 Å². The molecule has 4 rings (SSSR count). The van der Waals surface area contributed by atoms with Crippen LogP contribution in [-0.4, -0.2) is 11.7 Å². The minimum Gasteiger partial charge on any atom is -0.448 e. The molecule has 1 aromatic carbocycles. The summed E-state index contributed by atoms with van der Waals surface area (Å²) in [6, 6.07) is 5.74. The van der Waals surface area contributed by atoms with Crippen molar-refractivity contribution in [3.05, 3.63) is 18.2 Å². The van der Waals surface area contributed by atoms with E-state index in [2.05, 4.69) is 5.32 Å². The van der Waals surface area contributed by atoms with E-state index >= 15 is 0 Å². The van der Waals surface area contributed by atoms with E-state index in [-0.39, 0.29) is 5.91 Å². The summed E-state index contributed by atoms with van der Waals surface area (Å²) in [6.45, 7) is 0. The van der Waals surface area contributed by atoms with Crippen LogP contribution in [0.25, 0.3) is 0 Å². The van der Waals surface area contributed by atoms with Gasteiger partial charge in [-0.15, -0.1) is 0 Å². The molecule has 2 saturated carbocycles. The number of nitrogens with one attached hydrogen (secondary N) is 1. The van der Waals surface area contributed by atoms with Crippen LogP contribution >= 0.6 is 0 Å². The Morgan fingerprint density at radius 1 is 1.04 bits per heavy atom. The molecule has 3 aliphatic rings. The lowest BCUT2D eigenvalue weighted by Gasteiger charge is -2.31. The van der Waals surface area contributed by atoms with Gasteiger partial charge in [-0.1, -0.05) is 32.1 Å². The minimum atomic E-state index is -0.453. The van der Waals surface area contributed by atoms with Crippen LogP contribution in [0.5, 0.6) is 11.5 Å². The van der Waals surface area contributed by atoms with E-state index in [9.17, 15) is 4.79 Å². The third-order valence-electron chi connectivity index (χ3n) is 5.69. The molecule has 0 aromatic heterocycles. The van der Waals surface area contributed by atoms with Gasteiger partial charge in [0.1, 0.15) is 0 Å². The molecule has 4 nitrogen and oxygen atoms in total. The molecule has 1 spiro atoms. The van der Waals surface area contributed by atoms with Gasteiger partial charge in [-0.25, -0.2) is 0 Å². The molecule has 130 valence electrons. The zero-order valence-corrected chi connectivity index (χ0v) is 14.3. The van der Waals surface area contributed by atoms with Gasteiger partial charge in [0, 0.05) is 31.0 Å². The third kappa shape index (κ3) is 3.38. The SMILES string of the molecule is O=C(CCC1CCCC1)Nc1ccc2c(c1)OC1(CCCCC1)O2. The number of ether oxygens (including phenoxy) is 2. The zero-order valence-electron chi connectivity index (χ0n) is 14.3. The molecule has 0 saturated heterocycles. The Balaban J connectivity index is 1.34. The van der Waals surface area contributed by atoms with Gasteiger partial charge in [0.05, 0.1) is 0 Å². The molecule has 1 amide bonds. The molecule has 0 bridgehead atoms. The number of fused-ring (bicyclic) bond motifs is 1. The van der Waals surface area contributed by atoms with Crippen LogP contribution in [0.2, 0.25) is 0 Å². The van der Waals surface area contributed by atoms with E-state index in [4.69, 9.17) is 9.47 Å². The summed E-state index contributed by atoms with van der Waals surface area (Å²) in [4.78, 5) is 12.2. The Morgan fingerprint density at radius 2 is 1.79 bits per heavy atom. The molecular weight excluding hydrogens is 302 g/mol. The Labute approximate surface area is 143 Å². The molecule has 2 aliphatic carbocycles. The van der Waals surface area contributed by atoms with E-state index < -0.39 is 5.79 Å². The first-order valence-electron chi connectivity index (χ1n) is 9.54. The van der Waals surface area contributed by atoms with E-state index in [1.807, 2.05) is 18.2 Å². The van der Waals surface area contributed by atoms with Crippen molar-refractivity contribution in [1.29, 1.82) is 0 Å². The molecule has 0 radical (unpaired) electrons. The van der Waals surface area contributed by atoms with Crippen molar-refractivity contribution in [2.45, 2.75) is 76.4 Å². The van der Waals surface area contributed by atoms with E-state index in [1.165, 1.54) is 32.1 Å². The quantitative estimate of drug-likeness (QED) is 0.843. The van der Waals surface area contributed by atoms with Crippen molar-refractivity contribution in [2.24, 2.45) is 5.92 Å². The number of amides is 1. The highest BCUT2D eigenvalue weighted by atomic mass is 16.7. The van der Waals surface area contributed by atoms with Crippen LogP contribution in [0, 0.1) is 5.92 Å². The second-order valence-electron chi connectivity index (χ2n) is 7.57. The van der Waals surface area contributed by atoms with Gasteiger partial charge in [0.15, 0.2) is 11.5 Å². The molecule has 4 heteroatoms. The molecule has 1 heterocycles. The fraction of sp³-hybridized carbons (Fsp3) is 0.650. The third-order valence-corrected chi connectivity index (χ3v) is 5.69. The summed E-state index contributed by atoms with van der Waals surface area (Å²) in [5.74, 6) is 1.98. The van der Waals surface area contributed by atoms with Crippen LogP contribution < -0.4 is 14.8 Å². The fourth-order valence-corrected chi connectivity index (χ4v) is 4.32. The molecule has 1 aromatic rings. The number of benzene rings is 1. The zero-order chi connectivity index (χ0) is 16.4. The number of hydrogen-bond donors (Lipinski definition) is 1. The molecule has 24 heavy (non-hydrogen) atoms. The predicted octanol–water partition coefficient (Wildman–Crippen LogP) is 5.03. The Morgan fingerprint density at radius 3 is 2.58 bits per heavy atom. The highest BCUT2D eigenvalue weighted by Crippen LogP contribution is 2.46. The minimum absolute atomic E-state index is 0.105. The lowest BCUT2D eigenvalue weighted by Crippen LogP contribution is -2.40. The Hall–Kier alpha value is -1.71. The van der Waals surface area contributed by atoms with Crippen LogP contribution in [0.4, 0.5) is 5.69 Å². The van der Waals surface area contributed by atoms with E-state index in [1.54, 1.807) is 0 Å². The Kier molecular flexibility index (Phi) is 4.38. The van der Waals surface area contributed by atoms with Crippen molar-refractivity contribution in [2.75, 3.05) is 5.32 Å². The summed E-state index contributed by atoms with van der Waals surface area (Å²) in [5.41, 5.74) is 0.807. The molecule has 0 unspecified atom stereocenters. The summed E-state index contributed by atoms with van der Waals surface area (Å²) in [5, 5.41) is 3.01. The van der Waals surface area contributed by atoms with Crippen molar-refractivity contribution >= 4 is 11.6 Å². The summed E-state index contributed by atoms with van der Waals surface area (Å²) in [6.07, 6.45) is 12.3. The largest absolute Gasteiger partial charge is 0.448 e. The van der Waals surface area contributed by atoms with Crippen molar-refractivity contribution in [1.82, 2.24) is 0 Å². The van der Waals surface area contributed by atoms with Crippen LogP contribution in [0.1, 0.15) is 70.6 Å². The molecule has 2 fully saturated rings. The Bertz CT molecular complexity index is 601. The average molecular weight is 329 g/mol. The molecule has 1 aliphatic heterocycles. The van der Waals surface area contributed by atoms with Crippen molar-refractivity contribution < 1.29 is 14.3 Å². The topological polar surface area (TPSA) is 47.6 Å². The maximum atomic E-state index is 12.2. The second-order valence-corrected chi connectivity index (χ2v) is 7.57. The van der Waals surface area contributed by atoms with Gasteiger partial charge in [0.25, 0.3) is 5.79 Å². The highest BCUT2D eigenvalue weighted by Gasteiger charge is 2.42. The number of rotatable bonds is 4. The second kappa shape index (κ2) is 6.66. The van der Waals surface area contributed by atoms with Crippen molar-refractivity contribution in [3.8, 4) is 11.5 Å². The van der Waals surface area contributed by atoms with Gasteiger partial charge >= 0.3 is 0 Å². The number of hydrogen-bond acceptors (Lipinski definition) is 3. The van der Waals surface area contributed by atoms with E-state index in [0.717, 1.165) is 55.2 Å². The van der Waals surface area contributed by atoms with E-state index in [0.29, 0.717) is 6.42 Å². The van der Waals surface area contributed by atoms with Crippen molar-refractivity contribution in [3.63, 3.8) is 0 Å². The first kappa shape index (κ1) is 15.8. The smallest absolute Gasteiger partial charge is 0.251 e. The van der Waals surface area contributed by atoms with Crippen LogP contribution in [0.3, 0.4) is 0 Å². The lowest BCUT2D eigenvalue weighted by atomic mass is 9.94. The van der Waals surface area contributed by atoms with Gasteiger partial charge < -0.3 is 14.8 Å². The standard InChI is InChI=1S/C20H27NO3/c22-19(11-8-15-6-2-3-7-15)21-16-9-10-17-18(14-16)24-20(23-17)12-4-1-5-13-20/h9-10,14-15H,1-8,11-13H2,(H,21,22). The first-order chi connectivity index (χ1) is 11.7. The van der Waals surface area contributed by atoms with Crippen LogP contribution in [0.15, 0.2) is 18.2 Å². The monoisotopic (exact) mass is 329 g/mol. The lowest BCUT2D eigenvalue weighted by molar-refractivity contribution is -0.116.